The number of rotatable bonds is 4. The molecule has 1 aromatic rings. The van der Waals surface area contributed by atoms with E-state index in [1.807, 2.05) is 11.3 Å². The maximum atomic E-state index is 2.69. The molecule has 2 rings (SSSR count). The van der Waals surface area contributed by atoms with Crippen LogP contribution in [0, 0.1) is 0 Å². The van der Waals surface area contributed by atoms with Crippen LogP contribution in [0.15, 0.2) is 17.5 Å². The Morgan fingerprint density at radius 3 is 3.13 bits per heavy atom. The molecule has 1 unspecified atom stereocenters. The number of unbranched alkanes of at least 4 members (excludes halogenated alkanes) is 1. The molecule has 1 nitrogen and oxygen atoms in total. The smallest absolute Gasteiger partial charge is 0.0441 e. The van der Waals surface area contributed by atoms with Crippen LogP contribution in [0.4, 0.5) is 0 Å². The van der Waals surface area contributed by atoms with E-state index in [4.69, 9.17) is 0 Å². The van der Waals surface area contributed by atoms with Crippen LogP contribution in [0.3, 0.4) is 0 Å². The first-order valence-electron chi connectivity index (χ1n) is 6.19. The highest BCUT2D eigenvalue weighted by Crippen LogP contribution is 2.33. The van der Waals surface area contributed by atoms with Crippen LogP contribution in [0.2, 0.25) is 0 Å². The van der Waals surface area contributed by atoms with E-state index in [9.17, 15) is 0 Å². The predicted octanol–water partition coefficient (Wildman–Crippen LogP) is 4.08. The molecule has 15 heavy (non-hydrogen) atoms. The third kappa shape index (κ3) is 2.82. The molecule has 0 radical (unpaired) electrons. The Morgan fingerprint density at radius 2 is 2.40 bits per heavy atom. The van der Waals surface area contributed by atoms with Gasteiger partial charge in [-0.05, 0) is 43.8 Å². The molecule has 1 aliphatic rings. The SMILES string of the molecule is CCCCN1CCCCC1c1cccs1. The molecule has 1 saturated heterocycles. The average Bonchev–Trinajstić information content (AvgIpc) is 2.80. The molecule has 84 valence electrons. The van der Waals surface area contributed by atoms with Gasteiger partial charge in [-0.2, -0.15) is 0 Å². The Balaban J connectivity index is 1.99. The third-order valence-electron chi connectivity index (χ3n) is 3.28. The molecule has 0 aliphatic carbocycles. The molecular formula is C13H21NS. The first kappa shape index (κ1) is 11.2. The molecule has 1 atom stereocenters. The van der Waals surface area contributed by atoms with E-state index in [0.29, 0.717) is 0 Å². The van der Waals surface area contributed by atoms with Gasteiger partial charge in [-0.1, -0.05) is 25.8 Å². The molecule has 1 fully saturated rings. The predicted molar refractivity (Wildman–Crippen MR) is 67.4 cm³/mol. The fourth-order valence-electron chi connectivity index (χ4n) is 2.42. The molecule has 0 N–H and O–H groups in total. The molecule has 1 aromatic heterocycles. The van der Waals surface area contributed by atoms with Crippen molar-refractivity contribution in [3.63, 3.8) is 0 Å². The van der Waals surface area contributed by atoms with Gasteiger partial charge >= 0.3 is 0 Å². The molecule has 0 amide bonds. The zero-order valence-corrected chi connectivity index (χ0v) is 10.4. The lowest BCUT2D eigenvalue weighted by Gasteiger charge is -2.35. The van der Waals surface area contributed by atoms with E-state index >= 15 is 0 Å². The maximum Gasteiger partial charge on any atom is 0.0441 e. The Bertz CT molecular complexity index is 268. The Morgan fingerprint density at radius 1 is 1.47 bits per heavy atom. The summed E-state index contributed by atoms with van der Waals surface area (Å²) >= 11 is 1.92. The summed E-state index contributed by atoms with van der Waals surface area (Å²) in [7, 11) is 0. The zero-order valence-electron chi connectivity index (χ0n) is 9.61. The van der Waals surface area contributed by atoms with Gasteiger partial charge in [0.05, 0.1) is 0 Å². The lowest BCUT2D eigenvalue weighted by Crippen LogP contribution is -2.33. The van der Waals surface area contributed by atoms with Gasteiger partial charge in [0.2, 0.25) is 0 Å². The van der Waals surface area contributed by atoms with Crippen molar-refractivity contribution >= 4 is 11.3 Å². The summed E-state index contributed by atoms with van der Waals surface area (Å²) in [5, 5.41) is 2.21. The molecule has 0 bridgehead atoms. The van der Waals surface area contributed by atoms with Crippen LogP contribution in [-0.4, -0.2) is 18.0 Å². The summed E-state index contributed by atoms with van der Waals surface area (Å²) in [6.45, 7) is 4.88. The van der Waals surface area contributed by atoms with Gasteiger partial charge in [0.15, 0.2) is 0 Å². The first-order valence-corrected chi connectivity index (χ1v) is 7.07. The minimum Gasteiger partial charge on any atom is -0.296 e. The van der Waals surface area contributed by atoms with E-state index in [2.05, 4.69) is 29.3 Å². The maximum absolute atomic E-state index is 2.69. The minimum absolute atomic E-state index is 0.727. The number of likely N-dealkylation sites (tertiary alicyclic amines) is 1. The van der Waals surface area contributed by atoms with Crippen LogP contribution < -0.4 is 0 Å². The van der Waals surface area contributed by atoms with Crippen molar-refractivity contribution in [2.24, 2.45) is 0 Å². The fourth-order valence-corrected chi connectivity index (χ4v) is 3.32. The summed E-state index contributed by atoms with van der Waals surface area (Å²) in [5.41, 5.74) is 0. The van der Waals surface area contributed by atoms with Gasteiger partial charge < -0.3 is 0 Å². The van der Waals surface area contributed by atoms with Crippen molar-refractivity contribution in [2.45, 2.75) is 45.1 Å². The first-order chi connectivity index (χ1) is 7.42. The molecule has 0 spiro atoms. The number of hydrogen-bond donors (Lipinski definition) is 0. The largest absolute Gasteiger partial charge is 0.296 e. The summed E-state index contributed by atoms with van der Waals surface area (Å²) in [5.74, 6) is 0. The zero-order chi connectivity index (χ0) is 10.5. The van der Waals surface area contributed by atoms with E-state index in [-0.39, 0.29) is 0 Å². The second-order valence-corrected chi connectivity index (χ2v) is 5.40. The Hall–Kier alpha value is -0.340. The van der Waals surface area contributed by atoms with Gasteiger partial charge in [-0.3, -0.25) is 4.90 Å². The lowest BCUT2D eigenvalue weighted by atomic mass is 10.0. The lowest BCUT2D eigenvalue weighted by molar-refractivity contribution is 0.149. The van der Waals surface area contributed by atoms with Gasteiger partial charge in [-0.15, -0.1) is 11.3 Å². The average molecular weight is 223 g/mol. The molecule has 2 heterocycles. The van der Waals surface area contributed by atoms with E-state index in [1.54, 1.807) is 4.88 Å². The number of piperidine rings is 1. The molecule has 1 aliphatic heterocycles. The summed E-state index contributed by atoms with van der Waals surface area (Å²) in [6.07, 6.45) is 6.83. The third-order valence-corrected chi connectivity index (χ3v) is 4.26. The van der Waals surface area contributed by atoms with Crippen molar-refractivity contribution in [3.05, 3.63) is 22.4 Å². The normalized spacial score (nSPS) is 23.1. The van der Waals surface area contributed by atoms with Crippen molar-refractivity contribution in [1.82, 2.24) is 4.90 Å². The van der Waals surface area contributed by atoms with Gasteiger partial charge in [-0.25, -0.2) is 0 Å². The Kier molecular flexibility index (Phi) is 4.21. The van der Waals surface area contributed by atoms with Crippen LogP contribution in [0.25, 0.3) is 0 Å². The van der Waals surface area contributed by atoms with Crippen molar-refractivity contribution < 1.29 is 0 Å². The minimum atomic E-state index is 0.727. The monoisotopic (exact) mass is 223 g/mol. The number of hydrogen-bond acceptors (Lipinski definition) is 2. The van der Waals surface area contributed by atoms with E-state index in [1.165, 1.54) is 45.2 Å². The van der Waals surface area contributed by atoms with Crippen LogP contribution in [0.5, 0.6) is 0 Å². The van der Waals surface area contributed by atoms with Crippen LogP contribution in [0.1, 0.15) is 49.9 Å². The summed E-state index contributed by atoms with van der Waals surface area (Å²) in [6, 6.07) is 5.22. The van der Waals surface area contributed by atoms with Gasteiger partial charge in [0, 0.05) is 10.9 Å². The van der Waals surface area contributed by atoms with E-state index < -0.39 is 0 Å². The topological polar surface area (TPSA) is 3.24 Å². The van der Waals surface area contributed by atoms with Crippen LogP contribution >= 0.6 is 11.3 Å². The molecule has 0 aromatic carbocycles. The highest BCUT2D eigenvalue weighted by molar-refractivity contribution is 7.10. The van der Waals surface area contributed by atoms with Crippen LogP contribution in [-0.2, 0) is 0 Å². The molecule has 0 saturated carbocycles. The quantitative estimate of drug-likeness (QED) is 0.743. The molecule has 2 heteroatoms. The highest BCUT2D eigenvalue weighted by Gasteiger charge is 2.23. The van der Waals surface area contributed by atoms with Crippen molar-refractivity contribution in [2.75, 3.05) is 13.1 Å². The second kappa shape index (κ2) is 5.66. The number of nitrogens with zero attached hydrogens (tertiary/aromatic N) is 1. The molecular weight excluding hydrogens is 202 g/mol. The van der Waals surface area contributed by atoms with E-state index in [0.717, 1.165) is 6.04 Å². The van der Waals surface area contributed by atoms with Crippen molar-refractivity contribution in [1.29, 1.82) is 0 Å². The van der Waals surface area contributed by atoms with Crippen molar-refractivity contribution in [3.8, 4) is 0 Å². The summed E-state index contributed by atoms with van der Waals surface area (Å²) < 4.78 is 0. The summed E-state index contributed by atoms with van der Waals surface area (Å²) in [4.78, 5) is 4.27. The van der Waals surface area contributed by atoms with Gasteiger partial charge in [0.25, 0.3) is 0 Å². The highest BCUT2D eigenvalue weighted by atomic mass is 32.1. The van der Waals surface area contributed by atoms with Gasteiger partial charge in [0.1, 0.15) is 0 Å². The fraction of sp³-hybridized carbons (Fsp3) is 0.692. The second-order valence-electron chi connectivity index (χ2n) is 4.42. The number of thiophene rings is 1. The standard InChI is InChI=1S/C13H21NS/c1-2-3-9-14-10-5-4-7-12(14)13-8-6-11-15-13/h6,8,11-12H,2-5,7,9-10H2,1H3. The Labute approximate surface area is 97.1 Å².